The van der Waals surface area contributed by atoms with Crippen LogP contribution in [0.2, 0.25) is 0 Å². The van der Waals surface area contributed by atoms with Crippen LogP contribution < -0.4 is 9.47 Å². The molecule has 0 heterocycles. The first-order valence-electron chi connectivity index (χ1n) is 7.92. The van der Waals surface area contributed by atoms with E-state index in [9.17, 15) is 18.0 Å². The Balaban J connectivity index is 2.66. The SMILES string of the molecule is CCN(C)C(=O)c1ccc(C(F)(F)F)c(-c2ccc(OC)c(OC)c2)c1. The van der Waals surface area contributed by atoms with E-state index in [-0.39, 0.29) is 22.6 Å². The Morgan fingerprint density at radius 2 is 1.69 bits per heavy atom. The molecule has 4 nitrogen and oxygen atoms in total. The fourth-order valence-corrected chi connectivity index (χ4v) is 2.53. The van der Waals surface area contributed by atoms with E-state index in [0.717, 1.165) is 6.07 Å². The highest BCUT2D eigenvalue weighted by Crippen LogP contribution is 2.40. The molecule has 0 N–H and O–H groups in total. The van der Waals surface area contributed by atoms with Crippen molar-refractivity contribution in [2.24, 2.45) is 0 Å². The molecule has 0 saturated carbocycles. The number of ether oxygens (including phenoxy) is 2. The zero-order valence-corrected chi connectivity index (χ0v) is 15.0. The highest BCUT2D eigenvalue weighted by molar-refractivity contribution is 5.95. The number of nitrogens with zero attached hydrogens (tertiary/aromatic N) is 1. The molecule has 2 aromatic carbocycles. The van der Waals surface area contributed by atoms with E-state index in [1.807, 2.05) is 0 Å². The summed E-state index contributed by atoms with van der Waals surface area (Å²) in [5, 5.41) is 0. The fraction of sp³-hybridized carbons (Fsp3) is 0.316. The Kier molecular flexibility index (Phi) is 5.79. The van der Waals surface area contributed by atoms with E-state index in [4.69, 9.17) is 9.47 Å². The lowest BCUT2D eigenvalue weighted by Gasteiger charge is -2.18. The van der Waals surface area contributed by atoms with Crippen LogP contribution in [0.5, 0.6) is 11.5 Å². The van der Waals surface area contributed by atoms with Crippen LogP contribution >= 0.6 is 0 Å². The molecule has 0 radical (unpaired) electrons. The van der Waals surface area contributed by atoms with Gasteiger partial charge in [-0.1, -0.05) is 6.07 Å². The zero-order chi connectivity index (χ0) is 19.5. The van der Waals surface area contributed by atoms with Gasteiger partial charge >= 0.3 is 6.18 Å². The molecular weight excluding hydrogens is 347 g/mol. The molecular formula is C19H20F3NO3. The van der Waals surface area contributed by atoms with Crippen molar-refractivity contribution in [3.8, 4) is 22.6 Å². The molecule has 140 valence electrons. The Hall–Kier alpha value is -2.70. The van der Waals surface area contributed by atoms with Gasteiger partial charge in [-0.15, -0.1) is 0 Å². The summed E-state index contributed by atoms with van der Waals surface area (Å²) < 4.78 is 50.7. The molecule has 0 bridgehead atoms. The minimum atomic E-state index is -4.55. The molecule has 0 fully saturated rings. The Morgan fingerprint density at radius 3 is 2.23 bits per heavy atom. The molecule has 0 atom stereocenters. The van der Waals surface area contributed by atoms with E-state index < -0.39 is 11.7 Å². The molecule has 0 unspecified atom stereocenters. The number of benzene rings is 2. The summed E-state index contributed by atoms with van der Waals surface area (Å²) in [6, 6.07) is 7.88. The summed E-state index contributed by atoms with van der Waals surface area (Å²) in [5.74, 6) is 0.367. The largest absolute Gasteiger partial charge is 0.493 e. The van der Waals surface area contributed by atoms with E-state index in [1.54, 1.807) is 14.0 Å². The van der Waals surface area contributed by atoms with Gasteiger partial charge in [-0.2, -0.15) is 13.2 Å². The van der Waals surface area contributed by atoms with E-state index in [0.29, 0.717) is 18.0 Å². The van der Waals surface area contributed by atoms with Crippen molar-refractivity contribution in [2.45, 2.75) is 13.1 Å². The van der Waals surface area contributed by atoms with Crippen molar-refractivity contribution in [1.29, 1.82) is 0 Å². The van der Waals surface area contributed by atoms with E-state index in [2.05, 4.69) is 0 Å². The van der Waals surface area contributed by atoms with E-state index in [1.165, 1.54) is 49.5 Å². The predicted molar refractivity (Wildman–Crippen MR) is 92.6 cm³/mol. The summed E-state index contributed by atoms with van der Waals surface area (Å²) in [7, 11) is 4.44. The van der Waals surface area contributed by atoms with Crippen LogP contribution in [-0.4, -0.2) is 38.6 Å². The van der Waals surface area contributed by atoms with Gasteiger partial charge in [0.25, 0.3) is 5.91 Å². The summed E-state index contributed by atoms with van der Waals surface area (Å²) >= 11 is 0. The van der Waals surface area contributed by atoms with Crippen molar-refractivity contribution in [3.05, 3.63) is 47.5 Å². The first-order valence-corrected chi connectivity index (χ1v) is 7.92. The van der Waals surface area contributed by atoms with Gasteiger partial charge < -0.3 is 14.4 Å². The minimum absolute atomic E-state index is 0.0891. The first-order chi connectivity index (χ1) is 12.2. The van der Waals surface area contributed by atoms with Gasteiger partial charge in [0, 0.05) is 19.2 Å². The Bertz CT molecular complexity index is 803. The second-order valence-electron chi connectivity index (χ2n) is 5.65. The third kappa shape index (κ3) is 3.92. The number of hydrogen-bond acceptors (Lipinski definition) is 3. The molecule has 0 saturated heterocycles. The lowest BCUT2D eigenvalue weighted by Crippen LogP contribution is -2.26. The molecule has 0 aliphatic carbocycles. The number of alkyl halides is 3. The zero-order valence-electron chi connectivity index (χ0n) is 15.0. The maximum atomic E-state index is 13.5. The van der Waals surface area contributed by atoms with Crippen LogP contribution in [0, 0.1) is 0 Å². The van der Waals surface area contributed by atoms with Gasteiger partial charge in [0.05, 0.1) is 19.8 Å². The molecule has 26 heavy (non-hydrogen) atoms. The second-order valence-corrected chi connectivity index (χ2v) is 5.65. The predicted octanol–water partition coefficient (Wildman–Crippen LogP) is 4.48. The molecule has 0 spiro atoms. The Morgan fingerprint density at radius 1 is 1.04 bits per heavy atom. The molecule has 0 aliphatic rings. The van der Waals surface area contributed by atoms with Gasteiger partial charge in [-0.05, 0) is 48.4 Å². The summed E-state index contributed by atoms with van der Waals surface area (Å²) in [4.78, 5) is 13.8. The molecule has 2 aromatic rings. The summed E-state index contributed by atoms with van der Waals surface area (Å²) in [6.45, 7) is 2.24. The summed E-state index contributed by atoms with van der Waals surface area (Å²) in [6.07, 6.45) is -4.55. The number of methoxy groups -OCH3 is 2. The van der Waals surface area contributed by atoms with Gasteiger partial charge in [0.15, 0.2) is 11.5 Å². The third-order valence-electron chi connectivity index (χ3n) is 4.09. The molecule has 7 heteroatoms. The molecule has 2 rings (SSSR count). The maximum absolute atomic E-state index is 13.5. The third-order valence-corrected chi connectivity index (χ3v) is 4.09. The van der Waals surface area contributed by atoms with Crippen LogP contribution in [0.25, 0.3) is 11.1 Å². The van der Waals surface area contributed by atoms with Crippen molar-refractivity contribution in [2.75, 3.05) is 27.8 Å². The summed E-state index contributed by atoms with van der Waals surface area (Å²) in [5.41, 5.74) is -0.440. The number of halogens is 3. The quantitative estimate of drug-likeness (QED) is 0.782. The number of carbonyl (C=O) groups excluding carboxylic acids is 1. The van der Waals surface area contributed by atoms with Gasteiger partial charge in [0.2, 0.25) is 0 Å². The van der Waals surface area contributed by atoms with Crippen LogP contribution in [0.4, 0.5) is 13.2 Å². The first kappa shape index (κ1) is 19.6. The van der Waals surface area contributed by atoms with Crippen LogP contribution in [0.1, 0.15) is 22.8 Å². The number of rotatable bonds is 5. The Labute approximate surface area is 150 Å². The highest BCUT2D eigenvalue weighted by atomic mass is 19.4. The van der Waals surface area contributed by atoms with Crippen molar-refractivity contribution in [1.82, 2.24) is 4.90 Å². The lowest BCUT2D eigenvalue weighted by atomic mass is 9.96. The van der Waals surface area contributed by atoms with Crippen molar-refractivity contribution in [3.63, 3.8) is 0 Å². The van der Waals surface area contributed by atoms with Gasteiger partial charge in [-0.3, -0.25) is 4.79 Å². The molecule has 1 amide bonds. The van der Waals surface area contributed by atoms with Crippen LogP contribution in [0.15, 0.2) is 36.4 Å². The average Bonchev–Trinajstić information content (AvgIpc) is 2.64. The fourth-order valence-electron chi connectivity index (χ4n) is 2.53. The highest BCUT2D eigenvalue weighted by Gasteiger charge is 2.34. The topological polar surface area (TPSA) is 38.8 Å². The van der Waals surface area contributed by atoms with Gasteiger partial charge in [0.1, 0.15) is 0 Å². The second kappa shape index (κ2) is 7.68. The molecule has 0 aliphatic heterocycles. The number of carbonyl (C=O) groups is 1. The molecule has 0 aromatic heterocycles. The minimum Gasteiger partial charge on any atom is -0.493 e. The smallest absolute Gasteiger partial charge is 0.417 e. The average molecular weight is 367 g/mol. The van der Waals surface area contributed by atoms with Crippen molar-refractivity contribution < 1.29 is 27.4 Å². The maximum Gasteiger partial charge on any atom is 0.417 e. The normalized spacial score (nSPS) is 11.2. The van der Waals surface area contributed by atoms with E-state index >= 15 is 0 Å². The lowest BCUT2D eigenvalue weighted by molar-refractivity contribution is -0.137. The van der Waals surface area contributed by atoms with Crippen molar-refractivity contribution >= 4 is 5.91 Å². The number of hydrogen-bond donors (Lipinski definition) is 0. The van der Waals surface area contributed by atoms with Crippen LogP contribution in [0.3, 0.4) is 0 Å². The number of amides is 1. The van der Waals surface area contributed by atoms with Crippen LogP contribution in [-0.2, 0) is 6.18 Å². The monoisotopic (exact) mass is 367 g/mol. The van der Waals surface area contributed by atoms with Gasteiger partial charge in [-0.25, -0.2) is 0 Å². The standard InChI is InChI=1S/C19H20F3NO3/c1-5-23(2)18(24)13-6-8-15(19(20,21)22)14(10-13)12-7-9-16(25-3)17(11-12)26-4/h6-11H,5H2,1-4H3.